The van der Waals surface area contributed by atoms with Gasteiger partial charge in [-0.1, -0.05) is 19.9 Å². The lowest BCUT2D eigenvalue weighted by Crippen LogP contribution is -2.38. The minimum absolute atomic E-state index is 0.0288. The summed E-state index contributed by atoms with van der Waals surface area (Å²) in [7, 11) is 1.90. The molecule has 1 aromatic rings. The molecule has 1 atom stereocenters. The summed E-state index contributed by atoms with van der Waals surface area (Å²) in [6.45, 7) is 6.96. The van der Waals surface area contributed by atoms with Crippen molar-refractivity contribution in [3.63, 3.8) is 0 Å². The standard InChI is InChI=1S/C15H23BrN2O2/c1-10(2)11(3)18-15(19)9-20-14-6-5-12(8-17-4)7-13(14)16/h5-7,10-11,17H,8-9H2,1-4H3,(H,18,19). The molecule has 0 spiro atoms. The molecule has 1 rings (SSSR count). The Kier molecular flexibility index (Phi) is 7.02. The van der Waals surface area contributed by atoms with Crippen LogP contribution in [0.5, 0.6) is 5.75 Å². The fourth-order valence-electron chi connectivity index (χ4n) is 1.58. The summed E-state index contributed by atoms with van der Waals surface area (Å²) in [4.78, 5) is 11.8. The number of hydrogen-bond donors (Lipinski definition) is 2. The fourth-order valence-corrected chi connectivity index (χ4v) is 2.12. The van der Waals surface area contributed by atoms with Crippen LogP contribution in [0.3, 0.4) is 0 Å². The molecule has 1 amide bonds. The van der Waals surface area contributed by atoms with Crippen molar-refractivity contribution in [2.75, 3.05) is 13.7 Å². The molecule has 0 aliphatic heterocycles. The van der Waals surface area contributed by atoms with Crippen LogP contribution in [0.25, 0.3) is 0 Å². The molecule has 5 heteroatoms. The Morgan fingerprint density at radius 3 is 2.60 bits per heavy atom. The van der Waals surface area contributed by atoms with Crippen molar-refractivity contribution in [1.82, 2.24) is 10.6 Å². The lowest BCUT2D eigenvalue weighted by Gasteiger charge is -2.17. The van der Waals surface area contributed by atoms with E-state index in [1.807, 2.05) is 32.2 Å². The molecule has 20 heavy (non-hydrogen) atoms. The highest BCUT2D eigenvalue weighted by Gasteiger charge is 2.12. The third kappa shape index (κ3) is 5.51. The van der Waals surface area contributed by atoms with Gasteiger partial charge in [0.15, 0.2) is 6.61 Å². The van der Waals surface area contributed by atoms with Gasteiger partial charge in [-0.2, -0.15) is 0 Å². The monoisotopic (exact) mass is 342 g/mol. The van der Waals surface area contributed by atoms with Crippen molar-refractivity contribution in [3.05, 3.63) is 28.2 Å². The van der Waals surface area contributed by atoms with E-state index in [1.54, 1.807) is 0 Å². The van der Waals surface area contributed by atoms with Gasteiger partial charge in [-0.3, -0.25) is 4.79 Å². The van der Waals surface area contributed by atoms with E-state index >= 15 is 0 Å². The summed E-state index contributed by atoms with van der Waals surface area (Å²) < 4.78 is 6.39. The van der Waals surface area contributed by atoms with Crippen LogP contribution >= 0.6 is 15.9 Å². The maximum Gasteiger partial charge on any atom is 0.258 e. The topological polar surface area (TPSA) is 50.4 Å². The van der Waals surface area contributed by atoms with E-state index < -0.39 is 0 Å². The molecule has 112 valence electrons. The first kappa shape index (κ1) is 17.0. The zero-order valence-electron chi connectivity index (χ0n) is 12.5. The van der Waals surface area contributed by atoms with E-state index in [0.29, 0.717) is 11.7 Å². The summed E-state index contributed by atoms with van der Waals surface area (Å²) in [5.41, 5.74) is 1.16. The average molecular weight is 343 g/mol. The van der Waals surface area contributed by atoms with Crippen LogP contribution in [0.15, 0.2) is 22.7 Å². The van der Waals surface area contributed by atoms with E-state index in [0.717, 1.165) is 16.6 Å². The van der Waals surface area contributed by atoms with Crippen LogP contribution < -0.4 is 15.4 Å². The zero-order valence-corrected chi connectivity index (χ0v) is 14.1. The second kappa shape index (κ2) is 8.27. The smallest absolute Gasteiger partial charge is 0.258 e. The predicted octanol–water partition coefficient (Wildman–Crippen LogP) is 2.71. The average Bonchev–Trinajstić information content (AvgIpc) is 2.38. The van der Waals surface area contributed by atoms with Crippen LogP contribution in [0.4, 0.5) is 0 Å². The number of carbonyl (C=O) groups excluding carboxylic acids is 1. The molecule has 0 bridgehead atoms. The lowest BCUT2D eigenvalue weighted by molar-refractivity contribution is -0.124. The minimum atomic E-state index is -0.0996. The van der Waals surface area contributed by atoms with Crippen molar-refractivity contribution in [3.8, 4) is 5.75 Å². The number of rotatable bonds is 7. The Bertz CT molecular complexity index is 449. The summed E-state index contributed by atoms with van der Waals surface area (Å²) in [5, 5.41) is 6.00. The summed E-state index contributed by atoms with van der Waals surface area (Å²) >= 11 is 3.46. The number of carbonyl (C=O) groups is 1. The number of hydrogen-bond acceptors (Lipinski definition) is 3. The van der Waals surface area contributed by atoms with Crippen LogP contribution in [0.2, 0.25) is 0 Å². The maximum atomic E-state index is 11.8. The zero-order chi connectivity index (χ0) is 15.1. The fraction of sp³-hybridized carbons (Fsp3) is 0.533. The van der Waals surface area contributed by atoms with Gasteiger partial charge < -0.3 is 15.4 Å². The first-order valence-electron chi connectivity index (χ1n) is 6.79. The molecule has 0 heterocycles. The van der Waals surface area contributed by atoms with E-state index in [2.05, 4.69) is 40.4 Å². The number of amides is 1. The molecule has 0 aliphatic rings. The van der Waals surface area contributed by atoms with Gasteiger partial charge in [0, 0.05) is 12.6 Å². The number of nitrogens with one attached hydrogen (secondary N) is 2. The number of halogens is 1. The minimum Gasteiger partial charge on any atom is -0.483 e. The van der Waals surface area contributed by atoms with Crippen molar-refractivity contribution in [2.45, 2.75) is 33.4 Å². The summed E-state index contributed by atoms with van der Waals surface area (Å²) in [5.74, 6) is 0.987. The second-order valence-corrected chi connectivity index (χ2v) is 6.04. The highest BCUT2D eigenvalue weighted by atomic mass is 79.9. The first-order valence-corrected chi connectivity index (χ1v) is 7.58. The Labute approximate surface area is 129 Å². The van der Waals surface area contributed by atoms with Crippen LogP contribution in [-0.4, -0.2) is 25.6 Å². The molecule has 1 aromatic carbocycles. The molecule has 0 fully saturated rings. The normalized spacial score (nSPS) is 12.3. The predicted molar refractivity (Wildman–Crippen MR) is 84.8 cm³/mol. The van der Waals surface area contributed by atoms with Gasteiger partial charge in [0.1, 0.15) is 5.75 Å². The van der Waals surface area contributed by atoms with Crippen LogP contribution in [-0.2, 0) is 11.3 Å². The van der Waals surface area contributed by atoms with Crippen LogP contribution in [0, 0.1) is 5.92 Å². The SMILES string of the molecule is CNCc1ccc(OCC(=O)NC(C)C(C)C)c(Br)c1. The molecule has 0 saturated heterocycles. The van der Waals surface area contributed by atoms with Gasteiger partial charge in [-0.15, -0.1) is 0 Å². The first-order chi connectivity index (χ1) is 9.43. The van der Waals surface area contributed by atoms with E-state index in [-0.39, 0.29) is 18.6 Å². The summed E-state index contributed by atoms with van der Waals surface area (Å²) in [6.07, 6.45) is 0. The van der Waals surface area contributed by atoms with Gasteiger partial charge in [-0.05, 0) is 53.5 Å². The lowest BCUT2D eigenvalue weighted by atomic mass is 10.1. The third-order valence-electron chi connectivity index (χ3n) is 3.12. The Morgan fingerprint density at radius 2 is 2.05 bits per heavy atom. The van der Waals surface area contributed by atoms with Gasteiger partial charge in [0.05, 0.1) is 4.47 Å². The molecular formula is C15H23BrN2O2. The highest BCUT2D eigenvalue weighted by molar-refractivity contribution is 9.10. The molecular weight excluding hydrogens is 320 g/mol. The number of benzene rings is 1. The Hall–Kier alpha value is -1.07. The van der Waals surface area contributed by atoms with Gasteiger partial charge in [0.25, 0.3) is 5.91 Å². The highest BCUT2D eigenvalue weighted by Crippen LogP contribution is 2.25. The molecule has 1 unspecified atom stereocenters. The van der Waals surface area contributed by atoms with Gasteiger partial charge in [-0.25, -0.2) is 0 Å². The number of ether oxygens (including phenoxy) is 1. The molecule has 0 aromatic heterocycles. The van der Waals surface area contributed by atoms with E-state index in [9.17, 15) is 4.79 Å². The molecule has 0 aliphatic carbocycles. The quantitative estimate of drug-likeness (QED) is 0.800. The molecule has 0 radical (unpaired) electrons. The van der Waals surface area contributed by atoms with Gasteiger partial charge in [0.2, 0.25) is 0 Å². The molecule has 2 N–H and O–H groups in total. The Morgan fingerprint density at radius 1 is 1.35 bits per heavy atom. The van der Waals surface area contributed by atoms with Crippen molar-refractivity contribution in [1.29, 1.82) is 0 Å². The second-order valence-electron chi connectivity index (χ2n) is 5.18. The summed E-state index contributed by atoms with van der Waals surface area (Å²) in [6, 6.07) is 5.98. The van der Waals surface area contributed by atoms with Gasteiger partial charge >= 0.3 is 0 Å². The van der Waals surface area contributed by atoms with E-state index in [4.69, 9.17) is 4.74 Å². The van der Waals surface area contributed by atoms with Crippen LogP contribution in [0.1, 0.15) is 26.3 Å². The Balaban J connectivity index is 2.51. The largest absolute Gasteiger partial charge is 0.483 e. The van der Waals surface area contributed by atoms with Crippen molar-refractivity contribution < 1.29 is 9.53 Å². The van der Waals surface area contributed by atoms with Crippen molar-refractivity contribution in [2.24, 2.45) is 5.92 Å². The maximum absolute atomic E-state index is 11.8. The van der Waals surface area contributed by atoms with Crippen molar-refractivity contribution >= 4 is 21.8 Å². The van der Waals surface area contributed by atoms with E-state index in [1.165, 1.54) is 0 Å². The third-order valence-corrected chi connectivity index (χ3v) is 3.74. The molecule has 4 nitrogen and oxygen atoms in total. The molecule has 0 saturated carbocycles.